The summed E-state index contributed by atoms with van der Waals surface area (Å²) in [7, 11) is 0. The van der Waals surface area contributed by atoms with Crippen molar-refractivity contribution in [3.05, 3.63) is 77.6 Å². The van der Waals surface area contributed by atoms with Gasteiger partial charge in [-0.15, -0.1) is 0 Å². The van der Waals surface area contributed by atoms with E-state index in [0.717, 1.165) is 27.6 Å². The number of rotatable bonds is 1. The van der Waals surface area contributed by atoms with Gasteiger partial charge in [-0.25, -0.2) is 4.39 Å². The Morgan fingerprint density at radius 2 is 1.73 bits per heavy atom. The monoisotopic (exact) mass is 291 g/mol. The Morgan fingerprint density at radius 3 is 2.55 bits per heavy atom. The van der Waals surface area contributed by atoms with Crippen LogP contribution in [0.15, 0.2) is 60.7 Å². The first-order valence-corrected chi connectivity index (χ1v) is 7.29. The highest BCUT2D eigenvalue weighted by molar-refractivity contribution is 6.14. The highest BCUT2D eigenvalue weighted by Gasteiger charge is 2.27. The first-order valence-electron chi connectivity index (χ1n) is 7.29. The summed E-state index contributed by atoms with van der Waals surface area (Å²) >= 11 is 0. The van der Waals surface area contributed by atoms with Crippen LogP contribution in [0, 0.1) is 5.82 Å². The fourth-order valence-electron chi connectivity index (χ4n) is 3.11. The molecule has 0 aliphatic carbocycles. The molecule has 0 spiro atoms. The van der Waals surface area contributed by atoms with Crippen LogP contribution in [0.2, 0.25) is 0 Å². The molecule has 0 fully saturated rings. The maximum Gasteiger partial charge on any atom is 0.167 e. The van der Waals surface area contributed by atoms with Crippen molar-refractivity contribution in [2.45, 2.75) is 12.5 Å². The molecule has 1 heterocycles. The molecule has 1 atom stereocenters. The van der Waals surface area contributed by atoms with Gasteiger partial charge in [-0.05, 0) is 34.5 Å². The van der Waals surface area contributed by atoms with Gasteiger partial charge in [0, 0.05) is 17.7 Å². The Labute approximate surface area is 127 Å². The molecule has 3 heteroatoms. The largest absolute Gasteiger partial charge is 0.377 e. The van der Waals surface area contributed by atoms with Crippen molar-refractivity contribution < 1.29 is 9.18 Å². The minimum Gasteiger partial charge on any atom is -0.377 e. The molecule has 108 valence electrons. The van der Waals surface area contributed by atoms with Crippen LogP contribution >= 0.6 is 0 Å². The van der Waals surface area contributed by atoms with Gasteiger partial charge in [0.15, 0.2) is 5.78 Å². The van der Waals surface area contributed by atoms with E-state index in [2.05, 4.69) is 5.32 Å². The molecule has 0 bridgehead atoms. The molecule has 0 saturated heterocycles. The summed E-state index contributed by atoms with van der Waals surface area (Å²) in [5, 5.41) is 5.46. The predicted molar refractivity (Wildman–Crippen MR) is 85.7 cm³/mol. The summed E-state index contributed by atoms with van der Waals surface area (Å²) in [5.41, 5.74) is 2.54. The zero-order chi connectivity index (χ0) is 15.1. The number of hydrogen-bond acceptors (Lipinski definition) is 2. The summed E-state index contributed by atoms with van der Waals surface area (Å²) in [6.07, 6.45) is 0.382. The SMILES string of the molecule is O=C1C[C@@H](c2ccc(F)cc2)Nc2ccc3ccccc3c21. The number of hydrogen-bond donors (Lipinski definition) is 1. The van der Waals surface area contributed by atoms with Gasteiger partial charge < -0.3 is 5.32 Å². The second-order valence-corrected chi connectivity index (χ2v) is 5.59. The zero-order valence-corrected chi connectivity index (χ0v) is 11.8. The van der Waals surface area contributed by atoms with E-state index >= 15 is 0 Å². The van der Waals surface area contributed by atoms with E-state index in [1.807, 2.05) is 36.4 Å². The van der Waals surface area contributed by atoms with E-state index in [1.54, 1.807) is 12.1 Å². The van der Waals surface area contributed by atoms with E-state index in [1.165, 1.54) is 12.1 Å². The standard InChI is InChI=1S/C19H14FNO/c20-14-8-5-13(6-9-14)17-11-18(22)19-15-4-2-1-3-12(15)7-10-16(19)21-17/h1-10,17,21H,11H2/t17-/m0/s1. The summed E-state index contributed by atoms with van der Waals surface area (Å²) in [4.78, 5) is 12.6. The van der Waals surface area contributed by atoms with Crippen molar-refractivity contribution >= 4 is 22.2 Å². The van der Waals surface area contributed by atoms with Gasteiger partial charge in [0.1, 0.15) is 5.82 Å². The van der Waals surface area contributed by atoms with Crippen LogP contribution in [-0.4, -0.2) is 5.78 Å². The smallest absolute Gasteiger partial charge is 0.167 e. The summed E-state index contributed by atoms with van der Waals surface area (Å²) in [5.74, 6) is -0.142. The fraction of sp³-hybridized carbons (Fsp3) is 0.105. The molecule has 0 unspecified atom stereocenters. The fourth-order valence-corrected chi connectivity index (χ4v) is 3.11. The second kappa shape index (κ2) is 4.95. The van der Waals surface area contributed by atoms with Gasteiger partial charge in [0.05, 0.1) is 6.04 Å². The predicted octanol–water partition coefficient (Wildman–Crippen LogP) is 4.72. The molecule has 1 aliphatic heterocycles. The van der Waals surface area contributed by atoms with Crippen LogP contribution < -0.4 is 5.32 Å². The minimum atomic E-state index is -0.266. The molecule has 22 heavy (non-hydrogen) atoms. The molecule has 3 aromatic carbocycles. The molecular weight excluding hydrogens is 277 g/mol. The number of halogens is 1. The van der Waals surface area contributed by atoms with Crippen molar-refractivity contribution in [2.75, 3.05) is 5.32 Å². The van der Waals surface area contributed by atoms with Crippen molar-refractivity contribution in [2.24, 2.45) is 0 Å². The molecule has 0 amide bonds. The molecule has 0 saturated carbocycles. The number of carbonyl (C=O) groups excluding carboxylic acids is 1. The Bertz CT molecular complexity index is 870. The first-order chi connectivity index (χ1) is 10.7. The lowest BCUT2D eigenvalue weighted by atomic mass is 9.89. The first kappa shape index (κ1) is 13.0. The number of ketones is 1. The van der Waals surface area contributed by atoms with Crippen molar-refractivity contribution in [3.8, 4) is 0 Å². The van der Waals surface area contributed by atoms with Crippen molar-refractivity contribution in [1.29, 1.82) is 0 Å². The van der Waals surface area contributed by atoms with Crippen molar-refractivity contribution in [1.82, 2.24) is 0 Å². The third-order valence-electron chi connectivity index (χ3n) is 4.20. The number of fused-ring (bicyclic) bond motifs is 3. The normalized spacial score (nSPS) is 17.1. The molecule has 3 aromatic rings. The van der Waals surface area contributed by atoms with Crippen LogP contribution in [-0.2, 0) is 0 Å². The average Bonchev–Trinajstić information content (AvgIpc) is 2.55. The molecule has 0 aromatic heterocycles. The van der Waals surface area contributed by atoms with E-state index in [9.17, 15) is 9.18 Å². The third kappa shape index (κ3) is 2.06. The van der Waals surface area contributed by atoms with Crippen LogP contribution in [0.3, 0.4) is 0 Å². The molecule has 0 radical (unpaired) electrons. The van der Waals surface area contributed by atoms with Gasteiger partial charge in [-0.3, -0.25) is 4.79 Å². The molecular formula is C19H14FNO. The average molecular weight is 291 g/mol. The van der Waals surface area contributed by atoms with E-state index in [-0.39, 0.29) is 17.6 Å². The molecule has 2 nitrogen and oxygen atoms in total. The number of Topliss-reactive ketones (excluding diaryl/α,β-unsaturated/α-hetero) is 1. The van der Waals surface area contributed by atoms with Gasteiger partial charge >= 0.3 is 0 Å². The van der Waals surface area contributed by atoms with Gasteiger partial charge in [0.2, 0.25) is 0 Å². The number of carbonyl (C=O) groups is 1. The van der Waals surface area contributed by atoms with Crippen LogP contribution in [0.1, 0.15) is 28.4 Å². The maximum atomic E-state index is 13.1. The Balaban J connectivity index is 1.79. The summed E-state index contributed by atoms with van der Waals surface area (Å²) in [6.45, 7) is 0. The summed E-state index contributed by atoms with van der Waals surface area (Å²) in [6, 6.07) is 18.1. The molecule has 1 N–H and O–H groups in total. The van der Waals surface area contributed by atoms with Crippen LogP contribution in [0.5, 0.6) is 0 Å². The van der Waals surface area contributed by atoms with Gasteiger partial charge in [0.25, 0.3) is 0 Å². The maximum absolute atomic E-state index is 13.1. The quantitative estimate of drug-likeness (QED) is 0.703. The number of nitrogens with one attached hydrogen (secondary N) is 1. The highest BCUT2D eigenvalue weighted by atomic mass is 19.1. The van der Waals surface area contributed by atoms with Gasteiger partial charge in [-0.1, -0.05) is 42.5 Å². The van der Waals surface area contributed by atoms with E-state index in [0.29, 0.717) is 6.42 Å². The molecule has 4 rings (SSSR count). The number of anilines is 1. The minimum absolute atomic E-state index is 0.109. The van der Waals surface area contributed by atoms with Crippen LogP contribution in [0.4, 0.5) is 10.1 Å². The Morgan fingerprint density at radius 1 is 0.955 bits per heavy atom. The number of benzene rings is 3. The second-order valence-electron chi connectivity index (χ2n) is 5.59. The van der Waals surface area contributed by atoms with E-state index in [4.69, 9.17) is 0 Å². The highest BCUT2D eigenvalue weighted by Crippen LogP contribution is 2.36. The van der Waals surface area contributed by atoms with Crippen molar-refractivity contribution in [3.63, 3.8) is 0 Å². The zero-order valence-electron chi connectivity index (χ0n) is 11.8. The summed E-state index contributed by atoms with van der Waals surface area (Å²) < 4.78 is 13.1. The molecule has 1 aliphatic rings. The lowest BCUT2D eigenvalue weighted by Gasteiger charge is -2.27. The third-order valence-corrected chi connectivity index (χ3v) is 4.20. The lowest BCUT2D eigenvalue weighted by Crippen LogP contribution is -2.23. The van der Waals surface area contributed by atoms with Gasteiger partial charge in [-0.2, -0.15) is 0 Å². The lowest BCUT2D eigenvalue weighted by molar-refractivity contribution is 0.0974. The topological polar surface area (TPSA) is 29.1 Å². The van der Waals surface area contributed by atoms with E-state index < -0.39 is 0 Å². The Kier molecular flexibility index (Phi) is 2.93. The van der Waals surface area contributed by atoms with Crippen LogP contribution in [0.25, 0.3) is 10.8 Å². The Hall–Kier alpha value is -2.68.